The molecule has 204 valence electrons. The highest BCUT2D eigenvalue weighted by molar-refractivity contribution is 5.85. The van der Waals surface area contributed by atoms with Gasteiger partial charge in [-0.1, -0.05) is 31.4 Å². The van der Waals surface area contributed by atoms with Gasteiger partial charge in [0.2, 0.25) is 0 Å². The van der Waals surface area contributed by atoms with Crippen molar-refractivity contribution < 1.29 is 9.53 Å². The van der Waals surface area contributed by atoms with Crippen molar-refractivity contribution in [3.05, 3.63) is 24.3 Å². The summed E-state index contributed by atoms with van der Waals surface area (Å²) in [5.74, 6) is 1.07. The molecule has 4 fully saturated rings. The van der Waals surface area contributed by atoms with Crippen LogP contribution in [0.1, 0.15) is 70.6 Å². The normalized spacial score (nSPS) is 22.0. The fraction of sp³-hybridized carbons (Fsp3) is 0.750. The number of para-hydroxylation sites is 2. The van der Waals surface area contributed by atoms with Gasteiger partial charge in [0.1, 0.15) is 5.75 Å². The van der Waals surface area contributed by atoms with E-state index in [9.17, 15) is 4.79 Å². The van der Waals surface area contributed by atoms with E-state index in [4.69, 9.17) is 4.74 Å². The van der Waals surface area contributed by atoms with Crippen LogP contribution in [0.5, 0.6) is 5.75 Å². The summed E-state index contributed by atoms with van der Waals surface area (Å²) in [6.45, 7) is 8.27. The summed E-state index contributed by atoms with van der Waals surface area (Å²) in [5.41, 5.74) is 1.27. The molecule has 2 saturated heterocycles. The number of nitrogens with zero attached hydrogens (tertiary/aromatic N) is 4. The maximum atomic E-state index is 12.8. The topological polar surface area (TPSA) is 39.3 Å². The van der Waals surface area contributed by atoms with Gasteiger partial charge in [-0.3, -0.25) is 4.90 Å². The molecule has 2 saturated carbocycles. The van der Waals surface area contributed by atoms with Gasteiger partial charge in [0.15, 0.2) is 0 Å². The molecule has 36 heavy (non-hydrogen) atoms. The first-order valence-corrected chi connectivity index (χ1v) is 14.1. The number of ether oxygens (including phenoxy) is 1. The van der Waals surface area contributed by atoms with Gasteiger partial charge in [-0.2, -0.15) is 0 Å². The fourth-order valence-corrected chi connectivity index (χ4v) is 6.39. The third-order valence-electron chi connectivity index (χ3n) is 8.47. The number of halogens is 2. The van der Waals surface area contributed by atoms with Gasteiger partial charge in [-0.15, -0.1) is 24.8 Å². The van der Waals surface area contributed by atoms with Crippen LogP contribution < -0.4 is 9.64 Å². The molecule has 5 rings (SSSR count). The highest BCUT2D eigenvalue weighted by Crippen LogP contribution is 2.33. The van der Waals surface area contributed by atoms with Gasteiger partial charge < -0.3 is 19.4 Å². The summed E-state index contributed by atoms with van der Waals surface area (Å²) in [6, 6.07) is 9.43. The van der Waals surface area contributed by atoms with Gasteiger partial charge in [-0.05, 0) is 70.0 Å². The van der Waals surface area contributed by atoms with E-state index in [-0.39, 0.29) is 24.8 Å². The first-order valence-electron chi connectivity index (χ1n) is 14.1. The Morgan fingerprint density at radius 2 is 1.42 bits per heavy atom. The van der Waals surface area contributed by atoms with Crippen molar-refractivity contribution in [1.82, 2.24) is 14.7 Å². The lowest BCUT2D eigenvalue weighted by Crippen LogP contribution is -2.46. The molecule has 0 atom stereocenters. The number of carbonyl (C=O) groups is 1. The van der Waals surface area contributed by atoms with Crippen LogP contribution in [0.4, 0.5) is 10.5 Å². The molecule has 0 spiro atoms. The van der Waals surface area contributed by atoms with Crippen LogP contribution in [0.2, 0.25) is 0 Å². The van der Waals surface area contributed by atoms with Gasteiger partial charge >= 0.3 is 6.03 Å². The molecule has 6 nitrogen and oxygen atoms in total. The zero-order chi connectivity index (χ0) is 23.2. The molecule has 0 aromatic heterocycles. The highest BCUT2D eigenvalue weighted by atomic mass is 35.5. The van der Waals surface area contributed by atoms with Gasteiger partial charge in [0, 0.05) is 51.9 Å². The zero-order valence-corrected chi connectivity index (χ0v) is 23.5. The Morgan fingerprint density at radius 1 is 0.750 bits per heavy atom. The van der Waals surface area contributed by atoms with E-state index >= 15 is 0 Å². The minimum atomic E-state index is 0. The van der Waals surface area contributed by atoms with Crippen molar-refractivity contribution >= 4 is 36.5 Å². The molecule has 2 heterocycles. The van der Waals surface area contributed by atoms with Crippen LogP contribution in [-0.2, 0) is 0 Å². The second kappa shape index (κ2) is 14.5. The van der Waals surface area contributed by atoms with Crippen LogP contribution in [0, 0.1) is 0 Å². The number of benzene rings is 1. The average Bonchev–Trinajstić information content (AvgIpc) is 3.53. The second-order valence-corrected chi connectivity index (χ2v) is 10.8. The van der Waals surface area contributed by atoms with Crippen LogP contribution in [0.15, 0.2) is 24.3 Å². The molecule has 0 N–H and O–H groups in total. The summed E-state index contributed by atoms with van der Waals surface area (Å²) >= 11 is 0. The first-order chi connectivity index (χ1) is 16.8. The molecule has 2 amide bonds. The predicted molar refractivity (Wildman–Crippen MR) is 152 cm³/mol. The number of anilines is 1. The maximum Gasteiger partial charge on any atom is 0.320 e. The molecule has 0 unspecified atom stereocenters. The Hall–Kier alpha value is -1.37. The number of unbranched alkanes of at least 4 members (excludes halogenated alkanes) is 1. The largest absolute Gasteiger partial charge is 0.488 e. The number of rotatable bonds is 9. The highest BCUT2D eigenvalue weighted by Gasteiger charge is 2.33. The lowest BCUT2D eigenvalue weighted by molar-refractivity contribution is 0.162. The van der Waals surface area contributed by atoms with Crippen molar-refractivity contribution in [2.75, 3.05) is 57.3 Å². The Kier molecular flexibility index (Phi) is 11.8. The number of hydrogen-bond acceptors (Lipinski definition) is 4. The van der Waals surface area contributed by atoms with E-state index in [1.54, 1.807) is 0 Å². The van der Waals surface area contributed by atoms with Crippen LogP contribution in [0.25, 0.3) is 0 Å². The van der Waals surface area contributed by atoms with Gasteiger partial charge in [-0.25, -0.2) is 4.79 Å². The van der Waals surface area contributed by atoms with E-state index in [0.717, 1.165) is 64.5 Å². The lowest BCUT2D eigenvalue weighted by atomic mass is 9.94. The second-order valence-electron chi connectivity index (χ2n) is 10.8. The third kappa shape index (κ3) is 7.35. The van der Waals surface area contributed by atoms with Gasteiger partial charge in [0.25, 0.3) is 0 Å². The van der Waals surface area contributed by atoms with Crippen LogP contribution >= 0.6 is 24.8 Å². The van der Waals surface area contributed by atoms with Crippen molar-refractivity contribution in [2.45, 2.75) is 82.8 Å². The van der Waals surface area contributed by atoms with Gasteiger partial charge in [0.05, 0.1) is 11.8 Å². The number of carbonyl (C=O) groups excluding carboxylic acids is 1. The number of hydrogen-bond donors (Lipinski definition) is 0. The number of piperazine rings is 1. The Bertz CT molecular complexity index is 794. The van der Waals surface area contributed by atoms with Crippen molar-refractivity contribution in [3.63, 3.8) is 0 Å². The molecule has 1 aromatic carbocycles. The number of amides is 2. The number of urea groups is 1. The SMILES string of the molecule is Cl.Cl.O=C1N(CCCCN2CCN(c3ccccc3OC3CCCC3)CC2)CCN1C1CCCCC1. The summed E-state index contributed by atoms with van der Waals surface area (Å²) in [6.07, 6.45) is 14.0. The summed E-state index contributed by atoms with van der Waals surface area (Å²) in [7, 11) is 0. The standard InChI is InChI=1S/C28H44N4O2.2ClH/c33-28-31(22-23-32(28)24-10-2-1-3-11-24)17-9-8-16-29-18-20-30(21-19-29)26-14-6-7-15-27(26)34-25-12-4-5-13-25;;/h6-7,14-15,24-25H,1-5,8-13,16-23H2;2*1H. The summed E-state index contributed by atoms with van der Waals surface area (Å²) < 4.78 is 6.38. The molecule has 4 aliphatic rings. The molecular weight excluding hydrogens is 495 g/mol. The van der Waals surface area contributed by atoms with Crippen molar-refractivity contribution in [2.24, 2.45) is 0 Å². The molecular formula is C28H46Cl2N4O2. The first kappa shape index (κ1) is 29.2. The summed E-state index contributed by atoms with van der Waals surface area (Å²) in [5, 5.41) is 0. The van der Waals surface area contributed by atoms with Crippen LogP contribution in [-0.4, -0.2) is 85.2 Å². The summed E-state index contributed by atoms with van der Waals surface area (Å²) in [4.78, 5) is 22.2. The Labute approximate surface area is 230 Å². The minimum Gasteiger partial charge on any atom is -0.488 e. The van der Waals surface area contributed by atoms with E-state index in [1.807, 2.05) is 0 Å². The molecule has 1 aromatic rings. The molecule has 2 aliphatic carbocycles. The monoisotopic (exact) mass is 540 g/mol. The van der Waals surface area contributed by atoms with E-state index in [0.29, 0.717) is 18.2 Å². The lowest BCUT2D eigenvalue weighted by Gasteiger charge is -2.37. The molecule has 2 aliphatic heterocycles. The quantitative estimate of drug-likeness (QED) is 0.369. The van der Waals surface area contributed by atoms with Crippen molar-refractivity contribution in [1.29, 1.82) is 0 Å². The Balaban J connectivity index is 0.00000180. The van der Waals surface area contributed by atoms with E-state index in [1.165, 1.54) is 69.9 Å². The minimum absolute atomic E-state index is 0. The Morgan fingerprint density at radius 3 is 2.17 bits per heavy atom. The maximum absolute atomic E-state index is 12.8. The smallest absolute Gasteiger partial charge is 0.320 e. The van der Waals surface area contributed by atoms with E-state index in [2.05, 4.69) is 43.9 Å². The third-order valence-corrected chi connectivity index (χ3v) is 8.47. The van der Waals surface area contributed by atoms with Crippen molar-refractivity contribution in [3.8, 4) is 5.75 Å². The predicted octanol–water partition coefficient (Wildman–Crippen LogP) is 5.82. The van der Waals surface area contributed by atoms with E-state index < -0.39 is 0 Å². The fourth-order valence-electron chi connectivity index (χ4n) is 6.39. The average molecular weight is 542 g/mol. The molecule has 0 bridgehead atoms. The van der Waals surface area contributed by atoms with Crippen LogP contribution in [0.3, 0.4) is 0 Å². The molecule has 8 heteroatoms. The molecule has 0 radical (unpaired) electrons. The zero-order valence-electron chi connectivity index (χ0n) is 21.8.